The van der Waals surface area contributed by atoms with Gasteiger partial charge in [-0.15, -0.1) is 0 Å². The van der Waals surface area contributed by atoms with E-state index < -0.39 is 30.3 Å². The molecule has 0 N–H and O–H groups in total. The van der Waals surface area contributed by atoms with E-state index in [1.807, 2.05) is 6.92 Å². The Bertz CT molecular complexity index is 418. The van der Waals surface area contributed by atoms with Gasteiger partial charge in [0.25, 0.3) is 0 Å². The molecule has 1 atom stereocenters. The van der Waals surface area contributed by atoms with Crippen molar-refractivity contribution in [2.45, 2.75) is 57.7 Å². The smallest absolute Gasteiger partial charge is 0.344 e. The molecule has 0 amide bonds. The molecule has 4 bridgehead atoms. The molecule has 118 valence electrons. The monoisotopic (exact) mass is 298 g/mol. The SMILES string of the molecule is CC(F)C(=O)OCC(=O)OC1(C)C2CC3CC(C2)CC1C3. The summed E-state index contributed by atoms with van der Waals surface area (Å²) in [5.74, 6) is 0.872. The lowest BCUT2D eigenvalue weighted by Gasteiger charge is -2.59. The van der Waals surface area contributed by atoms with Crippen LogP contribution in [-0.2, 0) is 19.1 Å². The molecule has 4 rings (SSSR count). The Morgan fingerprint density at radius 2 is 1.67 bits per heavy atom. The lowest BCUT2D eigenvalue weighted by atomic mass is 9.50. The summed E-state index contributed by atoms with van der Waals surface area (Å²) in [6.07, 6.45) is 4.17. The summed E-state index contributed by atoms with van der Waals surface area (Å²) in [7, 11) is 0. The van der Waals surface area contributed by atoms with Crippen molar-refractivity contribution in [3.8, 4) is 0 Å². The Morgan fingerprint density at radius 1 is 1.14 bits per heavy atom. The molecule has 0 spiro atoms. The van der Waals surface area contributed by atoms with Crippen LogP contribution in [-0.4, -0.2) is 30.3 Å². The molecule has 4 nitrogen and oxygen atoms in total. The minimum atomic E-state index is -1.71. The number of alkyl halides is 1. The molecule has 4 fully saturated rings. The fraction of sp³-hybridized carbons (Fsp3) is 0.875. The normalized spacial score (nSPS) is 41.7. The van der Waals surface area contributed by atoms with Crippen molar-refractivity contribution in [2.75, 3.05) is 6.61 Å². The first-order valence-corrected chi connectivity index (χ1v) is 7.91. The maximum atomic E-state index is 12.7. The van der Waals surface area contributed by atoms with Crippen LogP contribution in [0.3, 0.4) is 0 Å². The molecule has 0 radical (unpaired) electrons. The molecular weight excluding hydrogens is 275 g/mol. The summed E-state index contributed by atoms with van der Waals surface area (Å²) in [6.45, 7) is 2.62. The van der Waals surface area contributed by atoms with Gasteiger partial charge in [0, 0.05) is 0 Å². The number of esters is 2. The van der Waals surface area contributed by atoms with Crippen LogP contribution in [0.5, 0.6) is 0 Å². The first kappa shape index (κ1) is 14.8. The van der Waals surface area contributed by atoms with E-state index in [4.69, 9.17) is 4.74 Å². The lowest BCUT2D eigenvalue weighted by molar-refractivity contribution is -0.207. The third-order valence-electron chi connectivity index (χ3n) is 5.75. The van der Waals surface area contributed by atoms with Crippen molar-refractivity contribution in [1.82, 2.24) is 0 Å². The van der Waals surface area contributed by atoms with Gasteiger partial charge < -0.3 is 9.47 Å². The second-order valence-corrected chi connectivity index (χ2v) is 7.19. The third-order valence-corrected chi connectivity index (χ3v) is 5.75. The molecule has 0 aromatic rings. The Morgan fingerprint density at radius 3 is 2.14 bits per heavy atom. The average Bonchev–Trinajstić information content (AvgIpc) is 2.41. The van der Waals surface area contributed by atoms with Gasteiger partial charge in [0.1, 0.15) is 5.60 Å². The molecule has 0 aliphatic heterocycles. The van der Waals surface area contributed by atoms with Gasteiger partial charge in [0.05, 0.1) is 0 Å². The zero-order valence-corrected chi connectivity index (χ0v) is 12.6. The van der Waals surface area contributed by atoms with Crippen LogP contribution in [0, 0.1) is 23.7 Å². The molecule has 4 aliphatic carbocycles. The molecule has 4 saturated carbocycles. The Balaban J connectivity index is 1.59. The maximum Gasteiger partial charge on any atom is 0.344 e. The standard InChI is InChI=1S/C16H23FO4/c1-9(17)15(19)20-8-14(18)21-16(2)12-4-10-3-11(6-12)7-13(16)5-10/h9-13H,3-8H2,1-2H3. The first-order valence-electron chi connectivity index (χ1n) is 7.91. The van der Waals surface area contributed by atoms with Crippen LogP contribution >= 0.6 is 0 Å². The van der Waals surface area contributed by atoms with E-state index in [9.17, 15) is 14.0 Å². The molecule has 21 heavy (non-hydrogen) atoms. The van der Waals surface area contributed by atoms with Crippen LogP contribution in [0.2, 0.25) is 0 Å². The molecular formula is C16H23FO4. The summed E-state index contributed by atoms with van der Waals surface area (Å²) >= 11 is 0. The van der Waals surface area contributed by atoms with Crippen LogP contribution in [0.4, 0.5) is 4.39 Å². The predicted octanol–water partition coefficient (Wildman–Crippen LogP) is 2.65. The highest BCUT2D eigenvalue weighted by Crippen LogP contribution is 2.59. The first-order chi connectivity index (χ1) is 9.88. The predicted molar refractivity (Wildman–Crippen MR) is 73.1 cm³/mol. The topological polar surface area (TPSA) is 52.6 Å². The molecule has 0 heterocycles. The van der Waals surface area contributed by atoms with Gasteiger partial charge in [0.15, 0.2) is 12.8 Å². The largest absolute Gasteiger partial charge is 0.456 e. The highest BCUT2D eigenvalue weighted by Gasteiger charge is 2.57. The maximum absolute atomic E-state index is 12.7. The summed E-state index contributed by atoms with van der Waals surface area (Å²) in [5.41, 5.74) is -0.432. The van der Waals surface area contributed by atoms with E-state index >= 15 is 0 Å². The number of hydrogen-bond acceptors (Lipinski definition) is 4. The summed E-state index contributed by atoms with van der Waals surface area (Å²) in [4.78, 5) is 23.0. The minimum Gasteiger partial charge on any atom is -0.456 e. The molecule has 0 aromatic heterocycles. The van der Waals surface area contributed by atoms with Crippen LogP contribution in [0.1, 0.15) is 46.0 Å². The third kappa shape index (κ3) is 2.67. The Hall–Kier alpha value is -1.13. The quantitative estimate of drug-likeness (QED) is 0.749. The van der Waals surface area contributed by atoms with Gasteiger partial charge in [-0.25, -0.2) is 14.0 Å². The minimum absolute atomic E-state index is 0.425. The number of rotatable bonds is 4. The van der Waals surface area contributed by atoms with Gasteiger partial charge in [0.2, 0.25) is 0 Å². The van der Waals surface area contributed by atoms with E-state index in [0.29, 0.717) is 11.8 Å². The second kappa shape index (κ2) is 5.25. The van der Waals surface area contributed by atoms with Crippen LogP contribution < -0.4 is 0 Å². The number of carbonyl (C=O) groups is 2. The van der Waals surface area contributed by atoms with Crippen molar-refractivity contribution in [1.29, 1.82) is 0 Å². The van der Waals surface area contributed by atoms with E-state index in [2.05, 4.69) is 4.74 Å². The van der Waals surface area contributed by atoms with Gasteiger partial charge in [-0.2, -0.15) is 0 Å². The Labute approximate surface area is 124 Å². The van der Waals surface area contributed by atoms with Crippen molar-refractivity contribution >= 4 is 11.9 Å². The number of ether oxygens (including phenoxy) is 2. The van der Waals surface area contributed by atoms with E-state index in [0.717, 1.165) is 44.4 Å². The van der Waals surface area contributed by atoms with Gasteiger partial charge in [-0.05, 0) is 69.6 Å². The highest BCUT2D eigenvalue weighted by atomic mass is 19.1. The van der Waals surface area contributed by atoms with Gasteiger partial charge in [-0.3, -0.25) is 0 Å². The molecule has 0 saturated heterocycles. The average molecular weight is 298 g/mol. The van der Waals surface area contributed by atoms with Crippen molar-refractivity contribution in [3.63, 3.8) is 0 Å². The van der Waals surface area contributed by atoms with Crippen LogP contribution in [0.25, 0.3) is 0 Å². The van der Waals surface area contributed by atoms with E-state index in [-0.39, 0.29) is 0 Å². The number of carbonyl (C=O) groups excluding carboxylic acids is 2. The van der Waals surface area contributed by atoms with E-state index in [1.54, 1.807) is 0 Å². The van der Waals surface area contributed by atoms with Crippen molar-refractivity contribution in [2.24, 2.45) is 23.7 Å². The Kier molecular flexibility index (Phi) is 3.70. The fourth-order valence-corrected chi connectivity index (χ4v) is 4.81. The number of hydrogen-bond donors (Lipinski definition) is 0. The fourth-order valence-electron chi connectivity index (χ4n) is 4.81. The second-order valence-electron chi connectivity index (χ2n) is 7.19. The zero-order valence-electron chi connectivity index (χ0n) is 12.6. The molecule has 5 heteroatoms. The van der Waals surface area contributed by atoms with Crippen molar-refractivity contribution in [3.05, 3.63) is 0 Å². The van der Waals surface area contributed by atoms with Gasteiger partial charge in [-0.1, -0.05) is 0 Å². The van der Waals surface area contributed by atoms with E-state index in [1.165, 1.54) is 6.42 Å². The molecule has 0 aromatic carbocycles. The lowest BCUT2D eigenvalue weighted by Crippen LogP contribution is -2.58. The summed E-state index contributed by atoms with van der Waals surface area (Å²) in [6, 6.07) is 0. The zero-order chi connectivity index (χ0) is 15.2. The number of halogens is 1. The molecule has 1 unspecified atom stereocenters. The molecule has 4 aliphatic rings. The van der Waals surface area contributed by atoms with Crippen molar-refractivity contribution < 1.29 is 23.5 Å². The van der Waals surface area contributed by atoms with Crippen LogP contribution in [0.15, 0.2) is 0 Å². The highest BCUT2D eigenvalue weighted by molar-refractivity contribution is 5.78. The summed E-state index contributed by atoms with van der Waals surface area (Å²) < 4.78 is 23.0. The summed E-state index contributed by atoms with van der Waals surface area (Å²) in [5, 5.41) is 0. The van der Waals surface area contributed by atoms with Gasteiger partial charge >= 0.3 is 11.9 Å².